The van der Waals surface area contributed by atoms with E-state index in [1.807, 2.05) is 30.3 Å². The van der Waals surface area contributed by atoms with Crippen LogP contribution in [0.2, 0.25) is 10.0 Å². The standard InChI is InChI=1S/C33H40Cl2N2O2.2ClH/c1-39-29-11-5-8-26(22-29)24-37-19-7-15-32(25-37,28-12-13-30(34)31(35)23-28)14-6-18-36-20-16-33(38,17-21-36)27-9-3-2-4-10-27;;/h2-5,8-13,22-23,38H,6-7,14-21,24-25H2,1H3;2*1H. The third-order valence-electron chi connectivity index (χ3n) is 8.85. The Morgan fingerprint density at radius 3 is 2.27 bits per heavy atom. The first kappa shape index (κ1) is 34.0. The van der Waals surface area contributed by atoms with E-state index < -0.39 is 5.60 Å². The molecule has 5 rings (SSSR count). The van der Waals surface area contributed by atoms with Gasteiger partial charge >= 0.3 is 0 Å². The van der Waals surface area contributed by atoms with Crippen LogP contribution in [-0.4, -0.2) is 54.7 Å². The zero-order chi connectivity index (χ0) is 27.3. The van der Waals surface area contributed by atoms with E-state index in [4.69, 9.17) is 27.9 Å². The smallest absolute Gasteiger partial charge is 0.119 e. The lowest BCUT2D eigenvalue weighted by atomic mass is 9.71. The van der Waals surface area contributed by atoms with Gasteiger partial charge in [0.1, 0.15) is 5.75 Å². The van der Waals surface area contributed by atoms with Gasteiger partial charge in [-0.25, -0.2) is 0 Å². The van der Waals surface area contributed by atoms with Gasteiger partial charge in [-0.3, -0.25) is 4.90 Å². The molecular formula is C33H42Cl4N2O2. The number of nitrogens with zero attached hydrogens (tertiary/aromatic N) is 2. The molecule has 0 aliphatic carbocycles. The van der Waals surface area contributed by atoms with Crippen LogP contribution in [0, 0.1) is 0 Å². The Labute approximate surface area is 267 Å². The minimum atomic E-state index is -0.705. The quantitative estimate of drug-likeness (QED) is 0.256. The van der Waals surface area contributed by atoms with Crippen LogP contribution in [0.15, 0.2) is 72.8 Å². The van der Waals surface area contributed by atoms with Crippen molar-refractivity contribution in [3.8, 4) is 5.75 Å². The van der Waals surface area contributed by atoms with Crippen molar-refractivity contribution in [1.82, 2.24) is 9.80 Å². The molecule has 1 N–H and O–H groups in total. The van der Waals surface area contributed by atoms with Crippen molar-refractivity contribution < 1.29 is 9.84 Å². The van der Waals surface area contributed by atoms with E-state index in [-0.39, 0.29) is 30.2 Å². The van der Waals surface area contributed by atoms with Crippen LogP contribution in [0.4, 0.5) is 0 Å². The van der Waals surface area contributed by atoms with E-state index in [0.717, 1.165) is 89.1 Å². The monoisotopic (exact) mass is 638 g/mol. The summed E-state index contributed by atoms with van der Waals surface area (Å²) in [6.07, 6.45) is 6.06. The van der Waals surface area contributed by atoms with Crippen molar-refractivity contribution in [2.45, 2.75) is 56.1 Å². The number of hydrogen-bond donors (Lipinski definition) is 1. The molecule has 2 aliphatic heterocycles. The number of benzene rings is 3. The summed E-state index contributed by atoms with van der Waals surface area (Å²) in [7, 11) is 1.72. The SMILES string of the molecule is COc1cccc(CN2CCCC(CCCN3CCC(O)(c4ccccc4)CC3)(c3ccc(Cl)c(Cl)c3)C2)c1.Cl.Cl. The van der Waals surface area contributed by atoms with Crippen LogP contribution in [0.25, 0.3) is 0 Å². The molecule has 1 unspecified atom stereocenters. The summed E-state index contributed by atoms with van der Waals surface area (Å²) in [5, 5.41) is 12.5. The van der Waals surface area contributed by atoms with Gasteiger partial charge in [0, 0.05) is 31.6 Å². The van der Waals surface area contributed by atoms with Crippen molar-refractivity contribution in [1.29, 1.82) is 0 Å². The molecule has 0 aromatic heterocycles. The van der Waals surface area contributed by atoms with Crippen molar-refractivity contribution in [2.75, 3.05) is 39.8 Å². The molecule has 0 saturated carbocycles. The van der Waals surface area contributed by atoms with Gasteiger partial charge in [0.2, 0.25) is 0 Å². The molecule has 0 amide bonds. The number of methoxy groups -OCH3 is 1. The van der Waals surface area contributed by atoms with Crippen LogP contribution >= 0.6 is 48.0 Å². The maximum Gasteiger partial charge on any atom is 0.119 e. The van der Waals surface area contributed by atoms with Gasteiger partial charge < -0.3 is 14.7 Å². The first-order chi connectivity index (χ1) is 18.9. The maximum absolute atomic E-state index is 11.2. The number of rotatable bonds is 9. The van der Waals surface area contributed by atoms with Gasteiger partial charge in [-0.05, 0) is 92.6 Å². The van der Waals surface area contributed by atoms with Crippen LogP contribution in [0.1, 0.15) is 55.2 Å². The molecule has 2 fully saturated rings. The lowest BCUT2D eigenvalue weighted by Crippen LogP contribution is -2.46. The number of aliphatic hydroxyl groups is 1. The van der Waals surface area contributed by atoms with Crippen molar-refractivity contribution in [3.05, 3.63) is 99.5 Å². The Morgan fingerprint density at radius 2 is 1.56 bits per heavy atom. The molecule has 3 aromatic rings. The maximum atomic E-state index is 11.2. The van der Waals surface area contributed by atoms with E-state index in [0.29, 0.717) is 10.0 Å². The fourth-order valence-corrected chi connectivity index (χ4v) is 6.92. The second-order valence-electron chi connectivity index (χ2n) is 11.4. The molecule has 2 aliphatic rings. The number of piperidine rings is 2. The Balaban J connectivity index is 0.00000231. The lowest BCUT2D eigenvalue weighted by Gasteiger charge is -2.44. The zero-order valence-corrected chi connectivity index (χ0v) is 26.9. The summed E-state index contributed by atoms with van der Waals surface area (Å²) in [6, 6.07) is 24.8. The average Bonchev–Trinajstić information content (AvgIpc) is 2.96. The predicted octanol–water partition coefficient (Wildman–Crippen LogP) is 8.14. The second-order valence-corrected chi connectivity index (χ2v) is 12.2. The number of hydrogen-bond acceptors (Lipinski definition) is 4. The second kappa shape index (κ2) is 15.3. The van der Waals surface area contributed by atoms with Gasteiger partial charge in [0.25, 0.3) is 0 Å². The van der Waals surface area contributed by atoms with Gasteiger partial charge in [-0.1, -0.05) is 71.7 Å². The molecule has 0 bridgehead atoms. The summed E-state index contributed by atoms with van der Waals surface area (Å²) in [4.78, 5) is 5.11. The van der Waals surface area contributed by atoms with Gasteiger partial charge in [-0.15, -0.1) is 24.8 Å². The molecular weight excluding hydrogens is 598 g/mol. The summed E-state index contributed by atoms with van der Waals surface area (Å²) < 4.78 is 5.46. The van der Waals surface area contributed by atoms with Crippen LogP contribution in [0.5, 0.6) is 5.75 Å². The molecule has 4 nitrogen and oxygen atoms in total. The summed E-state index contributed by atoms with van der Waals surface area (Å²) in [6.45, 7) is 5.88. The first-order valence-electron chi connectivity index (χ1n) is 14.2. The van der Waals surface area contributed by atoms with Crippen LogP contribution < -0.4 is 4.74 Å². The van der Waals surface area contributed by atoms with Gasteiger partial charge in [0.05, 0.1) is 22.8 Å². The molecule has 0 spiro atoms. The van der Waals surface area contributed by atoms with Crippen molar-refractivity contribution in [3.63, 3.8) is 0 Å². The van der Waals surface area contributed by atoms with Gasteiger partial charge in [-0.2, -0.15) is 0 Å². The van der Waals surface area contributed by atoms with E-state index in [9.17, 15) is 5.11 Å². The lowest BCUT2D eigenvalue weighted by molar-refractivity contribution is -0.0266. The molecule has 224 valence electrons. The van der Waals surface area contributed by atoms with Gasteiger partial charge in [0.15, 0.2) is 0 Å². The van der Waals surface area contributed by atoms with E-state index in [2.05, 4.69) is 52.3 Å². The summed E-state index contributed by atoms with van der Waals surface area (Å²) >= 11 is 12.9. The highest BCUT2D eigenvalue weighted by atomic mass is 35.5. The minimum Gasteiger partial charge on any atom is -0.497 e. The highest BCUT2D eigenvalue weighted by Crippen LogP contribution is 2.41. The summed E-state index contributed by atoms with van der Waals surface area (Å²) in [5.74, 6) is 0.904. The van der Waals surface area contributed by atoms with Crippen molar-refractivity contribution >= 4 is 48.0 Å². The largest absolute Gasteiger partial charge is 0.497 e. The fraction of sp³-hybridized carbons (Fsp3) is 0.455. The minimum absolute atomic E-state index is 0. The Kier molecular flexibility index (Phi) is 12.7. The molecule has 0 radical (unpaired) electrons. The number of halogens is 4. The van der Waals surface area contributed by atoms with Crippen LogP contribution in [0.3, 0.4) is 0 Å². The summed E-state index contributed by atoms with van der Waals surface area (Å²) in [5.41, 5.74) is 2.94. The number of likely N-dealkylation sites (tertiary alicyclic amines) is 2. The number of ether oxygens (including phenoxy) is 1. The third kappa shape index (κ3) is 8.32. The topological polar surface area (TPSA) is 35.9 Å². The van der Waals surface area contributed by atoms with E-state index >= 15 is 0 Å². The van der Waals surface area contributed by atoms with E-state index in [1.165, 1.54) is 11.1 Å². The average molecular weight is 641 g/mol. The fourth-order valence-electron chi connectivity index (χ4n) is 6.63. The molecule has 2 saturated heterocycles. The first-order valence-corrected chi connectivity index (χ1v) is 15.0. The molecule has 8 heteroatoms. The Hall–Kier alpha value is -1.50. The molecule has 3 aromatic carbocycles. The highest BCUT2D eigenvalue weighted by Gasteiger charge is 2.38. The normalized spacial score (nSPS) is 21.0. The molecule has 2 heterocycles. The Morgan fingerprint density at radius 1 is 0.805 bits per heavy atom. The molecule has 1 atom stereocenters. The Bertz CT molecular complexity index is 1240. The molecule has 41 heavy (non-hydrogen) atoms. The predicted molar refractivity (Wildman–Crippen MR) is 175 cm³/mol. The van der Waals surface area contributed by atoms with E-state index in [1.54, 1.807) is 7.11 Å². The van der Waals surface area contributed by atoms with Crippen molar-refractivity contribution in [2.24, 2.45) is 0 Å². The zero-order valence-electron chi connectivity index (χ0n) is 23.7. The van der Waals surface area contributed by atoms with Crippen LogP contribution in [-0.2, 0) is 17.6 Å². The highest BCUT2D eigenvalue weighted by molar-refractivity contribution is 6.42. The third-order valence-corrected chi connectivity index (χ3v) is 9.59.